The van der Waals surface area contributed by atoms with E-state index in [1.165, 1.54) is 17.7 Å². The second kappa shape index (κ2) is 4.75. The van der Waals surface area contributed by atoms with Gasteiger partial charge in [-0.3, -0.25) is 0 Å². The minimum Gasteiger partial charge on any atom is -0.374 e. The second-order valence-corrected chi connectivity index (χ2v) is 5.32. The molecule has 1 aliphatic heterocycles. The molecular formula is C16H18N2. The maximum absolute atomic E-state index is 8.99. The highest BCUT2D eigenvalue weighted by atomic mass is 15.1. The zero-order valence-electron chi connectivity index (χ0n) is 11.2. The van der Waals surface area contributed by atoms with Gasteiger partial charge in [-0.2, -0.15) is 5.26 Å². The van der Waals surface area contributed by atoms with Gasteiger partial charge in [-0.05, 0) is 44.4 Å². The van der Waals surface area contributed by atoms with Crippen molar-refractivity contribution >= 4 is 5.69 Å². The molecule has 0 amide bonds. The fraction of sp³-hybridized carbons (Fsp3) is 0.438. The number of nitriles is 1. The number of fused-ring (bicyclic) bond motifs is 1. The average Bonchev–Trinajstić information content (AvgIpc) is 2.37. The molecule has 0 N–H and O–H groups in total. The van der Waals surface area contributed by atoms with Gasteiger partial charge in [0, 0.05) is 24.8 Å². The van der Waals surface area contributed by atoms with Gasteiger partial charge in [-0.25, -0.2) is 0 Å². The Balaban J connectivity index is 2.42. The van der Waals surface area contributed by atoms with E-state index in [1.54, 1.807) is 0 Å². The second-order valence-electron chi connectivity index (χ2n) is 5.32. The first-order valence-electron chi connectivity index (χ1n) is 6.31. The lowest BCUT2D eigenvalue weighted by molar-refractivity contribution is 0.673. The molecule has 0 aromatic heterocycles. The maximum Gasteiger partial charge on any atom is 0.112 e. The van der Waals surface area contributed by atoms with E-state index < -0.39 is 5.41 Å². The van der Waals surface area contributed by atoms with Crippen LogP contribution in [0, 0.1) is 28.6 Å². The lowest BCUT2D eigenvalue weighted by atomic mass is 9.93. The van der Waals surface area contributed by atoms with Crippen LogP contribution in [-0.2, 0) is 6.42 Å². The van der Waals surface area contributed by atoms with Crippen molar-refractivity contribution in [3.05, 3.63) is 29.3 Å². The Hall–Kier alpha value is -1.93. The Kier molecular flexibility index (Phi) is 3.30. The molecule has 0 saturated carbocycles. The highest BCUT2D eigenvalue weighted by molar-refractivity contribution is 5.62. The summed E-state index contributed by atoms with van der Waals surface area (Å²) in [4.78, 5) is 2.28. The van der Waals surface area contributed by atoms with Crippen LogP contribution in [0.25, 0.3) is 0 Å². The first kappa shape index (κ1) is 12.5. The first-order chi connectivity index (χ1) is 8.53. The minimum absolute atomic E-state index is 0.580. The van der Waals surface area contributed by atoms with Crippen LogP contribution in [0.4, 0.5) is 5.69 Å². The van der Waals surface area contributed by atoms with Crippen LogP contribution in [0.3, 0.4) is 0 Å². The van der Waals surface area contributed by atoms with Gasteiger partial charge in [0.05, 0.1) is 6.07 Å². The predicted molar refractivity (Wildman–Crippen MR) is 74.3 cm³/mol. The summed E-state index contributed by atoms with van der Waals surface area (Å²) < 4.78 is 0. The molecule has 2 nitrogen and oxygen atoms in total. The molecule has 1 aliphatic rings. The third-order valence-electron chi connectivity index (χ3n) is 3.27. The smallest absolute Gasteiger partial charge is 0.112 e. The van der Waals surface area contributed by atoms with E-state index in [2.05, 4.69) is 42.0 Å². The van der Waals surface area contributed by atoms with Crippen molar-refractivity contribution < 1.29 is 0 Å². The van der Waals surface area contributed by atoms with Gasteiger partial charge < -0.3 is 4.90 Å². The van der Waals surface area contributed by atoms with Crippen molar-refractivity contribution in [2.24, 2.45) is 5.41 Å². The molecular weight excluding hydrogens is 220 g/mol. The van der Waals surface area contributed by atoms with E-state index in [0.29, 0.717) is 0 Å². The van der Waals surface area contributed by atoms with Gasteiger partial charge in [-0.1, -0.05) is 17.9 Å². The van der Waals surface area contributed by atoms with Crippen molar-refractivity contribution in [1.82, 2.24) is 0 Å². The first-order valence-corrected chi connectivity index (χ1v) is 6.31. The van der Waals surface area contributed by atoms with Gasteiger partial charge >= 0.3 is 0 Å². The van der Waals surface area contributed by atoms with E-state index in [0.717, 1.165) is 18.5 Å². The lowest BCUT2D eigenvalue weighted by Gasteiger charge is -2.28. The topological polar surface area (TPSA) is 27.0 Å². The third-order valence-corrected chi connectivity index (χ3v) is 3.27. The molecule has 0 bridgehead atoms. The quantitative estimate of drug-likeness (QED) is 0.650. The molecule has 0 atom stereocenters. The normalized spacial score (nSPS) is 14.2. The zero-order chi connectivity index (χ0) is 13.2. The lowest BCUT2D eigenvalue weighted by Crippen LogP contribution is -2.25. The summed E-state index contributed by atoms with van der Waals surface area (Å²) in [6.45, 7) is 4.80. The zero-order valence-corrected chi connectivity index (χ0v) is 11.2. The van der Waals surface area contributed by atoms with Crippen molar-refractivity contribution in [3.63, 3.8) is 0 Å². The summed E-state index contributed by atoms with van der Waals surface area (Å²) >= 11 is 0. The number of anilines is 1. The number of nitrogens with zero attached hydrogens (tertiary/aromatic N) is 2. The fourth-order valence-electron chi connectivity index (χ4n) is 2.18. The van der Waals surface area contributed by atoms with Gasteiger partial charge in [0.15, 0.2) is 0 Å². The van der Waals surface area contributed by atoms with Crippen molar-refractivity contribution in [2.75, 3.05) is 18.5 Å². The van der Waals surface area contributed by atoms with Gasteiger partial charge in [-0.15, -0.1) is 0 Å². The summed E-state index contributed by atoms with van der Waals surface area (Å²) in [6.07, 6.45) is 2.25. The monoisotopic (exact) mass is 238 g/mol. The van der Waals surface area contributed by atoms with Crippen LogP contribution in [0.2, 0.25) is 0 Å². The van der Waals surface area contributed by atoms with Crippen molar-refractivity contribution in [1.29, 1.82) is 5.26 Å². The summed E-state index contributed by atoms with van der Waals surface area (Å²) in [5, 5.41) is 8.99. The molecule has 1 aromatic rings. The molecule has 92 valence electrons. The Labute approximate surface area is 109 Å². The molecule has 0 spiro atoms. The predicted octanol–water partition coefficient (Wildman–Crippen LogP) is 2.97. The number of hydrogen-bond donors (Lipinski definition) is 0. The Morgan fingerprint density at radius 3 is 2.83 bits per heavy atom. The van der Waals surface area contributed by atoms with Crippen LogP contribution in [0.15, 0.2) is 18.2 Å². The highest BCUT2D eigenvalue weighted by Gasteiger charge is 2.16. The Morgan fingerprint density at radius 2 is 2.11 bits per heavy atom. The van der Waals surface area contributed by atoms with Crippen LogP contribution in [0.1, 0.15) is 31.4 Å². The third kappa shape index (κ3) is 2.49. The average molecular weight is 238 g/mol. The molecule has 2 rings (SSSR count). The summed E-state index contributed by atoms with van der Waals surface area (Å²) in [5.41, 5.74) is 3.10. The SMILES string of the molecule is CN1CCCc2c(C#CC(C)(C)C#N)cccc21. The maximum atomic E-state index is 8.99. The summed E-state index contributed by atoms with van der Waals surface area (Å²) in [5.74, 6) is 6.25. The molecule has 0 aliphatic carbocycles. The Morgan fingerprint density at radius 1 is 1.33 bits per heavy atom. The van der Waals surface area contributed by atoms with E-state index in [4.69, 9.17) is 5.26 Å². The van der Waals surface area contributed by atoms with Crippen LogP contribution in [-0.4, -0.2) is 13.6 Å². The summed E-state index contributed by atoms with van der Waals surface area (Å²) in [6, 6.07) is 8.46. The summed E-state index contributed by atoms with van der Waals surface area (Å²) in [7, 11) is 2.12. The van der Waals surface area contributed by atoms with Crippen LogP contribution in [0.5, 0.6) is 0 Å². The molecule has 0 fully saturated rings. The number of hydrogen-bond acceptors (Lipinski definition) is 2. The van der Waals surface area contributed by atoms with Gasteiger partial charge in [0.2, 0.25) is 0 Å². The largest absolute Gasteiger partial charge is 0.374 e. The van der Waals surface area contributed by atoms with Gasteiger partial charge in [0.25, 0.3) is 0 Å². The molecule has 0 radical (unpaired) electrons. The van der Waals surface area contributed by atoms with Crippen LogP contribution < -0.4 is 4.90 Å². The van der Waals surface area contributed by atoms with Crippen molar-refractivity contribution in [3.8, 4) is 17.9 Å². The molecule has 0 unspecified atom stereocenters. The highest BCUT2D eigenvalue weighted by Crippen LogP contribution is 2.28. The van der Waals surface area contributed by atoms with Crippen LogP contribution >= 0.6 is 0 Å². The molecule has 2 heteroatoms. The molecule has 18 heavy (non-hydrogen) atoms. The number of benzene rings is 1. The van der Waals surface area contributed by atoms with Crippen molar-refractivity contribution in [2.45, 2.75) is 26.7 Å². The minimum atomic E-state index is -0.580. The fourth-order valence-corrected chi connectivity index (χ4v) is 2.18. The Bertz CT molecular complexity index is 553. The molecule has 1 heterocycles. The number of rotatable bonds is 0. The molecule has 1 aromatic carbocycles. The van der Waals surface area contributed by atoms with Gasteiger partial charge in [0.1, 0.15) is 5.41 Å². The van der Waals surface area contributed by atoms with E-state index in [-0.39, 0.29) is 0 Å². The molecule has 0 saturated heterocycles. The standard InChI is InChI=1S/C16H18N2/c1-16(2,12-17)10-9-13-6-4-8-15-14(13)7-5-11-18(15)3/h4,6,8H,5,7,11H2,1-3H3. The van der Waals surface area contributed by atoms with E-state index in [9.17, 15) is 0 Å². The van der Waals surface area contributed by atoms with E-state index in [1.807, 2.05) is 19.9 Å². The van der Waals surface area contributed by atoms with E-state index >= 15 is 0 Å².